The highest BCUT2D eigenvalue weighted by Crippen LogP contribution is 2.06. The Bertz CT molecular complexity index is 406. The Morgan fingerprint density at radius 2 is 1.39 bits per heavy atom. The second kappa shape index (κ2) is 8.33. The second-order valence-corrected chi connectivity index (χ2v) is 2.47. The van der Waals surface area contributed by atoms with Crippen LogP contribution >= 0.6 is 0 Å². The summed E-state index contributed by atoms with van der Waals surface area (Å²) in [6.07, 6.45) is -0.369. The molecule has 0 aliphatic rings. The van der Waals surface area contributed by atoms with Crippen LogP contribution in [0.25, 0.3) is 0 Å². The van der Waals surface area contributed by atoms with Crippen molar-refractivity contribution in [2.45, 2.75) is 6.42 Å². The molecule has 96 valence electrons. The molecule has 0 aromatic rings. The van der Waals surface area contributed by atoms with E-state index < -0.39 is 29.9 Å². The van der Waals surface area contributed by atoms with Crippen molar-refractivity contribution < 1.29 is 43.0 Å². The average molecular weight is 258 g/mol. The van der Waals surface area contributed by atoms with E-state index in [4.69, 9.17) is 0 Å². The van der Waals surface area contributed by atoms with Crippen LogP contribution in [0.3, 0.4) is 0 Å². The molecule has 0 aliphatic heterocycles. The van der Waals surface area contributed by atoms with Crippen molar-refractivity contribution in [3.8, 4) is 0 Å². The molecule has 0 aliphatic carbocycles. The lowest BCUT2D eigenvalue weighted by atomic mass is 10.2. The Kier molecular flexibility index (Phi) is 7.01. The molecule has 0 N–H and O–H groups in total. The van der Waals surface area contributed by atoms with Crippen molar-refractivity contribution in [2.24, 2.45) is 0 Å². The van der Waals surface area contributed by atoms with Crippen LogP contribution in [0.5, 0.6) is 0 Å². The third-order valence-electron chi connectivity index (χ3n) is 1.39. The molecular formula is C9H6O9. The smallest absolute Gasteiger partial charge is 0.342 e. The van der Waals surface area contributed by atoms with Crippen molar-refractivity contribution in [3.63, 3.8) is 0 Å². The van der Waals surface area contributed by atoms with Gasteiger partial charge in [-0.2, -0.15) is 0 Å². The highest BCUT2D eigenvalue weighted by atomic mass is 16.6. The van der Waals surface area contributed by atoms with Gasteiger partial charge in [-0.05, 0) is 0 Å². The van der Waals surface area contributed by atoms with Crippen LogP contribution < -0.4 is 0 Å². The number of rotatable bonds is 7. The predicted molar refractivity (Wildman–Crippen MR) is 49.2 cm³/mol. The zero-order chi connectivity index (χ0) is 14.0. The summed E-state index contributed by atoms with van der Waals surface area (Å²) in [5.41, 5.74) is -0.624. The lowest BCUT2D eigenvalue weighted by molar-refractivity contribution is -0.154. The number of carbonyl (C=O) groups excluding carboxylic acids is 6. The molecule has 9 heteroatoms. The SMILES string of the molecule is O=COC(=O)C=C(CC(=O)OC=O)C(=O)OC=O. The Morgan fingerprint density at radius 3 is 1.89 bits per heavy atom. The van der Waals surface area contributed by atoms with Gasteiger partial charge in [0, 0.05) is 6.08 Å². The number of esters is 3. The van der Waals surface area contributed by atoms with Crippen molar-refractivity contribution in [2.75, 3.05) is 0 Å². The quantitative estimate of drug-likeness (QED) is 0.174. The van der Waals surface area contributed by atoms with Gasteiger partial charge in [0.05, 0.1) is 12.0 Å². The van der Waals surface area contributed by atoms with E-state index in [9.17, 15) is 28.8 Å². The maximum atomic E-state index is 11.1. The molecular weight excluding hydrogens is 252 g/mol. The Hall–Kier alpha value is -2.84. The van der Waals surface area contributed by atoms with Gasteiger partial charge in [0.15, 0.2) is 0 Å². The fourth-order valence-corrected chi connectivity index (χ4v) is 0.776. The highest BCUT2D eigenvalue weighted by Gasteiger charge is 2.18. The minimum absolute atomic E-state index is 0.186. The minimum Gasteiger partial charge on any atom is -0.395 e. The lowest BCUT2D eigenvalue weighted by Gasteiger charge is -2.01. The van der Waals surface area contributed by atoms with E-state index >= 15 is 0 Å². The second-order valence-electron chi connectivity index (χ2n) is 2.47. The summed E-state index contributed by atoms with van der Waals surface area (Å²) in [5, 5.41) is 0. The molecule has 0 fully saturated rings. The summed E-state index contributed by atoms with van der Waals surface area (Å²) in [4.78, 5) is 62.5. The lowest BCUT2D eigenvalue weighted by Crippen LogP contribution is -2.15. The van der Waals surface area contributed by atoms with Crippen LogP contribution in [-0.2, 0) is 43.0 Å². The molecule has 0 spiro atoms. The first-order valence-corrected chi connectivity index (χ1v) is 4.17. The van der Waals surface area contributed by atoms with Crippen molar-refractivity contribution in [1.82, 2.24) is 0 Å². The number of hydrogen-bond donors (Lipinski definition) is 0. The van der Waals surface area contributed by atoms with Crippen LogP contribution in [0.4, 0.5) is 0 Å². The van der Waals surface area contributed by atoms with Gasteiger partial charge in [0.1, 0.15) is 0 Å². The maximum absolute atomic E-state index is 11.1. The monoisotopic (exact) mass is 258 g/mol. The summed E-state index contributed by atoms with van der Waals surface area (Å²) in [6, 6.07) is 0. The first-order valence-electron chi connectivity index (χ1n) is 4.17. The number of ether oxygens (including phenoxy) is 3. The molecule has 0 saturated carbocycles. The molecule has 0 atom stereocenters. The topological polar surface area (TPSA) is 130 Å². The first-order chi connectivity index (χ1) is 8.54. The fourth-order valence-electron chi connectivity index (χ4n) is 0.776. The van der Waals surface area contributed by atoms with Gasteiger partial charge in [-0.25, -0.2) is 9.59 Å². The largest absolute Gasteiger partial charge is 0.395 e. The predicted octanol–water partition coefficient (Wildman–Crippen LogP) is -1.60. The number of hydrogen-bond acceptors (Lipinski definition) is 9. The summed E-state index contributed by atoms with van der Waals surface area (Å²) >= 11 is 0. The standard InChI is InChI=1S/C9H6O9/c10-3-16-7(13)1-6(9(15)18-5-12)2-8(14)17-4-11/h1,3-5H,2H2. The van der Waals surface area contributed by atoms with E-state index in [1.54, 1.807) is 0 Å². The zero-order valence-electron chi connectivity index (χ0n) is 8.69. The minimum atomic E-state index is -1.32. The van der Waals surface area contributed by atoms with E-state index in [2.05, 4.69) is 14.2 Å². The third-order valence-corrected chi connectivity index (χ3v) is 1.39. The summed E-state index contributed by atoms with van der Waals surface area (Å²) in [5.74, 6) is -3.75. The van der Waals surface area contributed by atoms with E-state index in [1.807, 2.05) is 0 Å². The van der Waals surface area contributed by atoms with Crippen LogP contribution in [0.2, 0.25) is 0 Å². The van der Waals surface area contributed by atoms with Gasteiger partial charge in [-0.3, -0.25) is 19.2 Å². The van der Waals surface area contributed by atoms with Crippen molar-refractivity contribution >= 4 is 37.3 Å². The molecule has 0 aromatic heterocycles. The summed E-state index contributed by atoms with van der Waals surface area (Å²) in [6.45, 7) is -0.619. The molecule has 18 heavy (non-hydrogen) atoms. The normalized spacial score (nSPS) is 9.89. The van der Waals surface area contributed by atoms with E-state index in [0.717, 1.165) is 0 Å². The molecule has 0 bridgehead atoms. The van der Waals surface area contributed by atoms with Gasteiger partial charge in [0.25, 0.3) is 0 Å². The Balaban J connectivity index is 4.91. The highest BCUT2D eigenvalue weighted by molar-refractivity contribution is 6.02. The number of carbonyl (C=O) groups is 6. The van der Waals surface area contributed by atoms with Gasteiger partial charge >= 0.3 is 37.3 Å². The maximum Gasteiger partial charge on any atom is 0.342 e. The third kappa shape index (κ3) is 5.90. The van der Waals surface area contributed by atoms with Crippen LogP contribution in [0, 0.1) is 0 Å². The molecule has 0 unspecified atom stereocenters. The molecule has 0 amide bonds. The Labute approximate surface area is 99.3 Å². The Morgan fingerprint density at radius 1 is 0.833 bits per heavy atom. The molecule has 0 heterocycles. The molecule has 9 nitrogen and oxygen atoms in total. The molecule has 0 aromatic carbocycles. The van der Waals surface area contributed by atoms with E-state index in [0.29, 0.717) is 6.08 Å². The van der Waals surface area contributed by atoms with Gasteiger partial charge in [0.2, 0.25) is 0 Å². The summed E-state index contributed by atoms with van der Waals surface area (Å²) in [7, 11) is 0. The van der Waals surface area contributed by atoms with Crippen LogP contribution in [0.1, 0.15) is 6.42 Å². The van der Waals surface area contributed by atoms with Crippen molar-refractivity contribution in [3.05, 3.63) is 11.6 Å². The van der Waals surface area contributed by atoms with Gasteiger partial charge in [-0.1, -0.05) is 0 Å². The van der Waals surface area contributed by atoms with E-state index in [1.165, 1.54) is 0 Å². The van der Waals surface area contributed by atoms with Crippen LogP contribution in [-0.4, -0.2) is 37.3 Å². The van der Waals surface area contributed by atoms with Crippen molar-refractivity contribution in [1.29, 1.82) is 0 Å². The first kappa shape index (κ1) is 15.2. The molecule has 0 rings (SSSR count). The fraction of sp³-hybridized carbons (Fsp3) is 0.111. The van der Waals surface area contributed by atoms with E-state index in [-0.39, 0.29) is 19.4 Å². The summed E-state index contributed by atoms with van der Waals surface area (Å²) < 4.78 is 11.6. The van der Waals surface area contributed by atoms with Gasteiger partial charge < -0.3 is 14.2 Å². The van der Waals surface area contributed by atoms with Crippen LogP contribution in [0.15, 0.2) is 11.6 Å². The zero-order valence-corrected chi connectivity index (χ0v) is 8.69. The molecule has 0 saturated heterocycles. The molecule has 0 radical (unpaired) electrons. The average Bonchev–Trinajstić information content (AvgIpc) is 2.29. The van der Waals surface area contributed by atoms with Gasteiger partial charge in [-0.15, -0.1) is 0 Å².